The Bertz CT molecular complexity index is 1060. The predicted octanol–water partition coefficient (Wildman–Crippen LogP) is 6.40. The second kappa shape index (κ2) is 16.2. The van der Waals surface area contributed by atoms with Gasteiger partial charge in [0, 0.05) is 18.8 Å². The summed E-state index contributed by atoms with van der Waals surface area (Å²) in [6.45, 7) is 1.29. The summed E-state index contributed by atoms with van der Waals surface area (Å²) >= 11 is 0. The molecule has 0 spiro atoms. The summed E-state index contributed by atoms with van der Waals surface area (Å²) in [6.07, 6.45) is 13.1. The molecule has 1 unspecified atom stereocenters. The van der Waals surface area contributed by atoms with Crippen molar-refractivity contribution in [2.75, 3.05) is 13.2 Å². The highest BCUT2D eigenvalue weighted by atomic mass is 32.2. The molecule has 0 aromatic heterocycles. The Balaban J connectivity index is 1.17. The van der Waals surface area contributed by atoms with Crippen LogP contribution < -0.4 is 0 Å². The van der Waals surface area contributed by atoms with E-state index in [9.17, 15) is 23.7 Å². The highest BCUT2D eigenvalue weighted by Gasteiger charge is 2.30. The summed E-state index contributed by atoms with van der Waals surface area (Å²) in [7, 11) is -3.19. The molecular weight excluding hydrogens is 500 g/mol. The first-order chi connectivity index (χ1) is 18.4. The van der Waals surface area contributed by atoms with Crippen LogP contribution in [0.25, 0.3) is 0 Å². The van der Waals surface area contributed by atoms with Crippen LogP contribution in [0.5, 0.6) is 5.75 Å². The number of hydrogen-bond acceptors (Lipinski definition) is 6. The van der Waals surface area contributed by atoms with Crippen LogP contribution in [0.4, 0.5) is 0 Å². The van der Waals surface area contributed by atoms with Crippen molar-refractivity contribution in [3.05, 3.63) is 59.2 Å². The van der Waals surface area contributed by atoms with Crippen LogP contribution in [0.1, 0.15) is 106 Å². The van der Waals surface area contributed by atoms with Crippen LogP contribution in [0.15, 0.2) is 47.4 Å². The Labute approximate surface area is 229 Å². The molecule has 0 radical (unpaired) electrons. The van der Waals surface area contributed by atoms with Crippen molar-refractivity contribution in [1.29, 1.82) is 0 Å². The lowest BCUT2D eigenvalue weighted by atomic mass is 10.00. The zero-order valence-electron chi connectivity index (χ0n) is 22.7. The van der Waals surface area contributed by atoms with E-state index in [0.717, 1.165) is 108 Å². The molecule has 0 amide bonds. The van der Waals surface area contributed by atoms with Crippen LogP contribution >= 0.6 is 0 Å². The number of hydrogen-bond donors (Lipinski definition) is 3. The molecule has 1 saturated carbocycles. The lowest BCUT2D eigenvalue weighted by molar-refractivity contribution is 0.126. The number of rotatable bonds is 18. The lowest BCUT2D eigenvalue weighted by Crippen LogP contribution is -2.17. The van der Waals surface area contributed by atoms with Gasteiger partial charge in [0.05, 0.1) is 22.9 Å². The Morgan fingerprint density at radius 1 is 0.868 bits per heavy atom. The quantitative estimate of drug-likeness (QED) is 0.187. The van der Waals surface area contributed by atoms with E-state index in [-0.39, 0.29) is 17.6 Å². The second-order valence-electron chi connectivity index (χ2n) is 10.6. The average Bonchev–Trinajstić information content (AvgIpc) is 3.48. The monoisotopic (exact) mass is 546 g/mol. The third-order valence-corrected chi connectivity index (χ3v) is 9.91. The van der Waals surface area contributed by atoms with E-state index in [1.54, 1.807) is 18.2 Å². The third-order valence-electron chi connectivity index (χ3n) is 7.65. The van der Waals surface area contributed by atoms with Crippen LogP contribution in [0.2, 0.25) is 0 Å². The van der Waals surface area contributed by atoms with Crippen LogP contribution in [0, 0.1) is 0 Å². The normalized spacial score (nSPS) is 15.2. The van der Waals surface area contributed by atoms with Crippen molar-refractivity contribution in [3.63, 3.8) is 0 Å². The maximum absolute atomic E-state index is 12.8. The number of aliphatic hydroxyl groups is 2. The molecule has 1 aliphatic carbocycles. The number of aromatic hydroxyl groups is 1. The van der Waals surface area contributed by atoms with Crippen molar-refractivity contribution in [3.8, 4) is 5.75 Å². The van der Waals surface area contributed by atoms with Gasteiger partial charge in [0.2, 0.25) is 0 Å². The maximum Gasteiger partial charge on any atom is 0.181 e. The van der Waals surface area contributed by atoms with Gasteiger partial charge in [0.15, 0.2) is 9.84 Å². The largest absolute Gasteiger partial charge is 0.508 e. The minimum absolute atomic E-state index is 0.0576. The van der Waals surface area contributed by atoms with Crippen molar-refractivity contribution < 1.29 is 28.5 Å². The molecule has 0 saturated heterocycles. The van der Waals surface area contributed by atoms with E-state index in [1.165, 1.54) is 6.07 Å². The topological polar surface area (TPSA) is 104 Å². The summed E-state index contributed by atoms with van der Waals surface area (Å²) in [5.74, 6) is 0.0576. The SMILES string of the molecule is O=S(=O)(c1cccc(CCCCOCCCCCCCCC(O)c2ccc(O)c(CO)c2)c1)C1CCCC1. The molecule has 0 aliphatic heterocycles. The number of sulfone groups is 1. The van der Waals surface area contributed by atoms with Gasteiger partial charge >= 0.3 is 0 Å². The minimum atomic E-state index is -3.19. The minimum Gasteiger partial charge on any atom is -0.508 e. The van der Waals surface area contributed by atoms with E-state index < -0.39 is 15.9 Å². The summed E-state index contributed by atoms with van der Waals surface area (Å²) in [6, 6.07) is 12.4. The number of benzene rings is 2. The van der Waals surface area contributed by atoms with Gasteiger partial charge in [-0.25, -0.2) is 8.42 Å². The fraction of sp³-hybridized carbons (Fsp3) is 0.613. The van der Waals surface area contributed by atoms with Crippen LogP contribution in [0.3, 0.4) is 0 Å². The van der Waals surface area contributed by atoms with E-state index in [0.29, 0.717) is 16.9 Å². The Morgan fingerprint density at radius 2 is 1.55 bits per heavy atom. The first-order valence-electron chi connectivity index (χ1n) is 14.4. The maximum atomic E-state index is 12.8. The third kappa shape index (κ3) is 9.67. The summed E-state index contributed by atoms with van der Waals surface area (Å²) in [4.78, 5) is 0.489. The highest BCUT2D eigenvalue weighted by Crippen LogP contribution is 2.30. The number of phenols is 1. The number of aryl methyl sites for hydroxylation is 1. The molecule has 0 heterocycles. The summed E-state index contributed by atoms with van der Waals surface area (Å²) in [5.41, 5.74) is 2.28. The molecule has 1 aliphatic rings. The van der Waals surface area contributed by atoms with Gasteiger partial charge in [-0.3, -0.25) is 0 Å². The molecule has 0 bridgehead atoms. The van der Waals surface area contributed by atoms with Crippen molar-refractivity contribution in [2.24, 2.45) is 0 Å². The van der Waals surface area contributed by atoms with Gasteiger partial charge in [0.25, 0.3) is 0 Å². The summed E-state index contributed by atoms with van der Waals surface area (Å²) in [5, 5.41) is 29.0. The van der Waals surface area contributed by atoms with Crippen molar-refractivity contribution in [1.82, 2.24) is 0 Å². The van der Waals surface area contributed by atoms with Gasteiger partial charge in [-0.15, -0.1) is 0 Å². The molecule has 212 valence electrons. The predicted molar refractivity (Wildman–Crippen MR) is 151 cm³/mol. The fourth-order valence-electron chi connectivity index (χ4n) is 5.26. The molecular formula is C31H46O6S. The highest BCUT2D eigenvalue weighted by molar-refractivity contribution is 7.92. The van der Waals surface area contributed by atoms with Crippen molar-refractivity contribution in [2.45, 2.75) is 113 Å². The Morgan fingerprint density at radius 3 is 2.29 bits per heavy atom. The zero-order valence-corrected chi connectivity index (χ0v) is 23.5. The number of unbranched alkanes of at least 4 members (excludes halogenated alkanes) is 6. The first-order valence-corrected chi connectivity index (χ1v) is 16.0. The van der Waals surface area contributed by atoms with Gasteiger partial charge in [-0.2, -0.15) is 0 Å². The van der Waals surface area contributed by atoms with E-state index >= 15 is 0 Å². The molecule has 2 aromatic carbocycles. The van der Waals surface area contributed by atoms with Crippen LogP contribution in [-0.2, 0) is 27.6 Å². The van der Waals surface area contributed by atoms with E-state index in [4.69, 9.17) is 4.74 Å². The smallest absolute Gasteiger partial charge is 0.181 e. The second-order valence-corrected chi connectivity index (χ2v) is 12.9. The molecule has 1 fully saturated rings. The van der Waals surface area contributed by atoms with E-state index in [2.05, 4.69) is 0 Å². The Hall–Kier alpha value is -1.93. The molecule has 3 rings (SSSR count). The molecule has 1 atom stereocenters. The standard InChI is InChI=1S/C31H46O6S/c32-24-27-23-26(18-19-31(27)34)30(33)17-5-3-1-2-4-9-20-37-21-10-8-12-25-13-11-16-29(22-25)38(35,36)28-14-6-7-15-28/h11,13,16,18-19,22-23,28,30,32-34H,1-10,12,14-15,17,20-21,24H2. The lowest BCUT2D eigenvalue weighted by Gasteiger charge is -2.13. The number of ether oxygens (including phenoxy) is 1. The van der Waals surface area contributed by atoms with Crippen LogP contribution in [-0.4, -0.2) is 42.2 Å². The Kier molecular flexibility index (Phi) is 13.1. The van der Waals surface area contributed by atoms with Gasteiger partial charge < -0.3 is 20.1 Å². The van der Waals surface area contributed by atoms with Gasteiger partial charge in [-0.1, -0.05) is 63.1 Å². The average molecular weight is 547 g/mol. The van der Waals surface area contributed by atoms with Gasteiger partial charge in [-0.05, 0) is 80.3 Å². The molecule has 7 heteroatoms. The van der Waals surface area contributed by atoms with E-state index in [1.807, 2.05) is 18.2 Å². The van der Waals surface area contributed by atoms with Gasteiger partial charge in [0.1, 0.15) is 5.75 Å². The summed E-state index contributed by atoms with van der Waals surface area (Å²) < 4.78 is 31.4. The fourth-order valence-corrected chi connectivity index (χ4v) is 7.18. The molecule has 2 aromatic rings. The molecule has 3 N–H and O–H groups in total. The molecule has 38 heavy (non-hydrogen) atoms. The zero-order chi connectivity index (χ0) is 27.2. The van der Waals surface area contributed by atoms with Crippen molar-refractivity contribution >= 4 is 9.84 Å². The molecule has 6 nitrogen and oxygen atoms in total. The number of aliphatic hydroxyl groups excluding tert-OH is 2. The first kappa shape index (κ1) is 30.6.